The molecule has 7 heteroatoms. The van der Waals surface area contributed by atoms with Gasteiger partial charge in [0, 0.05) is 37.8 Å². The Morgan fingerprint density at radius 1 is 1.21 bits per heavy atom. The monoisotopic (exact) mass is 391 g/mol. The Morgan fingerprint density at radius 2 is 1.96 bits per heavy atom. The summed E-state index contributed by atoms with van der Waals surface area (Å²) in [4.78, 5) is 20.3. The van der Waals surface area contributed by atoms with Gasteiger partial charge in [0.05, 0.1) is 17.8 Å². The van der Waals surface area contributed by atoms with Gasteiger partial charge in [-0.3, -0.25) is 14.7 Å². The number of hydrogen-bond donors (Lipinski definition) is 0. The predicted molar refractivity (Wildman–Crippen MR) is 102 cm³/mol. The SMILES string of the molecule is CN(C)C(=O)CN1CCC[C@H](c2cccc(-c3cccc(C(F)(F)F)c3)n2)C1. The van der Waals surface area contributed by atoms with Crippen LogP contribution < -0.4 is 0 Å². The van der Waals surface area contributed by atoms with Gasteiger partial charge in [-0.2, -0.15) is 13.2 Å². The van der Waals surface area contributed by atoms with E-state index in [-0.39, 0.29) is 11.8 Å². The van der Waals surface area contributed by atoms with E-state index < -0.39 is 11.7 Å². The van der Waals surface area contributed by atoms with Gasteiger partial charge in [0.1, 0.15) is 0 Å². The summed E-state index contributed by atoms with van der Waals surface area (Å²) in [6.07, 6.45) is -2.47. The van der Waals surface area contributed by atoms with Crippen LogP contribution >= 0.6 is 0 Å². The Bertz CT molecular complexity index is 836. The number of pyridine rings is 1. The summed E-state index contributed by atoms with van der Waals surface area (Å²) in [6.45, 7) is 1.96. The zero-order valence-corrected chi connectivity index (χ0v) is 16.0. The molecule has 3 rings (SSSR count). The second-order valence-electron chi connectivity index (χ2n) is 7.39. The van der Waals surface area contributed by atoms with Crippen LogP contribution in [0.3, 0.4) is 0 Å². The van der Waals surface area contributed by atoms with Crippen molar-refractivity contribution in [2.45, 2.75) is 24.9 Å². The number of benzene rings is 1. The third-order valence-electron chi connectivity index (χ3n) is 5.04. The summed E-state index contributed by atoms with van der Waals surface area (Å²) in [7, 11) is 3.48. The van der Waals surface area contributed by atoms with E-state index in [1.165, 1.54) is 6.07 Å². The Labute approximate surface area is 163 Å². The maximum atomic E-state index is 13.0. The molecular weight excluding hydrogens is 367 g/mol. The topological polar surface area (TPSA) is 36.4 Å². The van der Waals surface area contributed by atoms with E-state index in [1.807, 2.05) is 12.1 Å². The fraction of sp³-hybridized carbons (Fsp3) is 0.429. The Hall–Kier alpha value is -2.41. The number of amides is 1. The van der Waals surface area contributed by atoms with Crippen LogP contribution in [0.15, 0.2) is 42.5 Å². The number of piperidine rings is 1. The average molecular weight is 391 g/mol. The summed E-state index contributed by atoms with van der Waals surface area (Å²) < 4.78 is 39.0. The molecule has 2 heterocycles. The van der Waals surface area contributed by atoms with Gasteiger partial charge >= 0.3 is 6.18 Å². The fourth-order valence-electron chi connectivity index (χ4n) is 3.47. The first kappa shape index (κ1) is 20.3. The molecule has 0 saturated carbocycles. The van der Waals surface area contributed by atoms with E-state index in [0.717, 1.165) is 43.8 Å². The molecule has 1 aliphatic heterocycles. The van der Waals surface area contributed by atoms with Gasteiger partial charge in [-0.15, -0.1) is 0 Å². The lowest BCUT2D eigenvalue weighted by Crippen LogP contribution is -2.41. The van der Waals surface area contributed by atoms with Crippen molar-refractivity contribution in [3.05, 3.63) is 53.7 Å². The number of nitrogens with zero attached hydrogens (tertiary/aromatic N) is 3. The molecule has 1 aliphatic rings. The van der Waals surface area contributed by atoms with E-state index >= 15 is 0 Å². The number of halogens is 3. The fourth-order valence-corrected chi connectivity index (χ4v) is 3.47. The number of carbonyl (C=O) groups is 1. The maximum Gasteiger partial charge on any atom is 0.416 e. The van der Waals surface area contributed by atoms with E-state index in [1.54, 1.807) is 31.1 Å². The van der Waals surface area contributed by atoms with Crippen LogP contribution in [0.4, 0.5) is 13.2 Å². The molecule has 0 aliphatic carbocycles. The molecule has 0 unspecified atom stereocenters. The highest BCUT2D eigenvalue weighted by Gasteiger charge is 2.30. The minimum Gasteiger partial charge on any atom is -0.348 e. The number of rotatable bonds is 4. The molecule has 0 bridgehead atoms. The quantitative estimate of drug-likeness (QED) is 0.790. The van der Waals surface area contributed by atoms with E-state index in [4.69, 9.17) is 0 Å². The standard InChI is InChI=1S/C21H24F3N3O/c1-26(2)20(28)14-27-11-5-7-16(13-27)19-10-4-9-18(25-19)15-6-3-8-17(12-15)21(22,23)24/h3-4,6,8-10,12,16H,5,7,11,13-14H2,1-2H3/t16-/m0/s1. The van der Waals surface area contributed by atoms with Crippen LogP contribution in [0, 0.1) is 0 Å². The lowest BCUT2D eigenvalue weighted by Gasteiger charge is -2.32. The van der Waals surface area contributed by atoms with Gasteiger partial charge < -0.3 is 4.90 Å². The molecule has 28 heavy (non-hydrogen) atoms. The van der Waals surface area contributed by atoms with Crippen molar-refractivity contribution in [2.24, 2.45) is 0 Å². The van der Waals surface area contributed by atoms with Gasteiger partial charge in [-0.1, -0.05) is 18.2 Å². The predicted octanol–water partition coefficient (Wildman–Crippen LogP) is 4.04. The van der Waals surface area contributed by atoms with Crippen LogP contribution in [0.5, 0.6) is 0 Å². The minimum absolute atomic E-state index is 0.0614. The number of carbonyl (C=O) groups excluding carboxylic acids is 1. The second-order valence-corrected chi connectivity index (χ2v) is 7.39. The lowest BCUT2D eigenvalue weighted by molar-refractivity contribution is -0.137. The Kier molecular flexibility index (Phi) is 6.03. The molecule has 0 radical (unpaired) electrons. The molecule has 4 nitrogen and oxygen atoms in total. The summed E-state index contributed by atoms with van der Waals surface area (Å²) in [5.74, 6) is 0.223. The molecule has 1 aromatic heterocycles. The number of likely N-dealkylation sites (N-methyl/N-ethyl adjacent to an activating group) is 1. The van der Waals surface area contributed by atoms with Crippen molar-refractivity contribution in [3.63, 3.8) is 0 Å². The molecular formula is C21H24F3N3O. The summed E-state index contributed by atoms with van der Waals surface area (Å²) in [5.41, 5.74) is 1.16. The number of likely N-dealkylation sites (tertiary alicyclic amines) is 1. The van der Waals surface area contributed by atoms with Crippen molar-refractivity contribution in [3.8, 4) is 11.3 Å². The molecule has 1 saturated heterocycles. The van der Waals surface area contributed by atoms with Crippen molar-refractivity contribution in [1.29, 1.82) is 0 Å². The highest BCUT2D eigenvalue weighted by atomic mass is 19.4. The third kappa shape index (κ3) is 4.90. The maximum absolute atomic E-state index is 13.0. The van der Waals surface area contributed by atoms with Gasteiger partial charge in [-0.05, 0) is 43.7 Å². The van der Waals surface area contributed by atoms with E-state index in [9.17, 15) is 18.0 Å². The first-order valence-corrected chi connectivity index (χ1v) is 9.31. The summed E-state index contributed by atoms with van der Waals surface area (Å²) in [5, 5.41) is 0. The zero-order chi connectivity index (χ0) is 20.3. The minimum atomic E-state index is -4.38. The first-order chi connectivity index (χ1) is 13.2. The van der Waals surface area contributed by atoms with Crippen LogP contribution in [0.25, 0.3) is 11.3 Å². The molecule has 1 fully saturated rings. The van der Waals surface area contributed by atoms with Gasteiger partial charge in [0.25, 0.3) is 0 Å². The molecule has 1 aromatic carbocycles. The van der Waals surface area contributed by atoms with E-state index in [0.29, 0.717) is 17.8 Å². The Balaban J connectivity index is 1.79. The average Bonchev–Trinajstić information content (AvgIpc) is 2.67. The van der Waals surface area contributed by atoms with Gasteiger partial charge in [-0.25, -0.2) is 0 Å². The van der Waals surface area contributed by atoms with Crippen LogP contribution in [-0.2, 0) is 11.0 Å². The van der Waals surface area contributed by atoms with Crippen molar-refractivity contribution < 1.29 is 18.0 Å². The number of hydrogen-bond acceptors (Lipinski definition) is 3. The smallest absolute Gasteiger partial charge is 0.348 e. The largest absolute Gasteiger partial charge is 0.416 e. The number of alkyl halides is 3. The first-order valence-electron chi connectivity index (χ1n) is 9.31. The van der Waals surface area contributed by atoms with Gasteiger partial charge in [0.15, 0.2) is 0 Å². The van der Waals surface area contributed by atoms with Crippen LogP contribution in [0.1, 0.15) is 30.0 Å². The van der Waals surface area contributed by atoms with E-state index in [2.05, 4.69) is 9.88 Å². The molecule has 2 aromatic rings. The van der Waals surface area contributed by atoms with Crippen LogP contribution in [-0.4, -0.2) is 54.4 Å². The van der Waals surface area contributed by atoms with Crippen molar-refractivity contribution in [2.75, 3.05) is 33.7 Å². The highest BCUT2D eigenvalue weighted by molar-refractivity contribution is 5.77. The molecule has 150 valence electrons. The molecule has 1 atom stereocenters. The normalized spacial score (nSPS) is 18.1. The number of aromatic nitrogens is 1. The highest BCUT2D eigenvalue weighted by Crippen LogP contribution is 2.32. The third-order valence-corrected chi connectivity index (χ3v) is 5.04. The molecule has 0 N–H and O–H groups in total. The zero-order valence-electron chi connectivity index (χ0n) is 16.0. The van der Waals surface area contributed by atoms with Crippen LogP contribution in [0.2, 0.25) is 0 Å². The van der Waals surface area contributed by atoms with Crippen molar-refractivity contribution in [1.82, 2.24) is 14.8 Å². The molecule has 0 spiro atoms. The molecule has 1 amide bonds. The van der Waals surface area contributed by atoms with Crippen molar-refractivity contribution >= 4 is 5.91 Å². The summed E-state index contributed by atoms with van der Waals surface area (Å²) in [6, 6.07) is 10.7. The Morgan fingerprint density at radius 3 is 2.68 bits per heavy atom. The summed E-state index contributed by atoms with van der Waals surface area (Å²) >= 11 is 0. The lowest BCUT2D eigenvalue weighted by atomic mass is 9.93. The second kappa shape index (κ2) is 8.31. The van der Waals surface area contributed by atoms with Gasteiger partial charge in [0.2, 0.25) is 5.91 Å².